The van der Waals surface area contributed by atoms with E-state index in [2.05, 4.69) is 4.40 Å². The van der Waals surface area contributed by atoms with Crippen LogP contribution in [0.1, 0.15) is 12.0 Å². The van der Waals surface area contributed by atoms with Crippen molar-refractivity contribution in [2.24, 2.45) is 4.40 Å². The lowest BCUT2D eigenvalue weighted by Crippen LogP contribution is -2.05. The zero-order valence-corrected chi connectivity index (χ0v) is 9.97. The Labute approximate surface area is 97.8 Å². The number of nitrogens with zero attached hydrogens (tertiary/aromatic N) is 1. The molecule has 0 saturated heterocycles. The zero-order valence-electron chi connectivity index (χ0n) is 8.34. The van der Waals surface area contributed by atoms with Crippen LogP contribution in [0.25, 0.3) is 0 Å². The molecule has 0 radical (unpaired) electrons. The molecule has 1 heterocycles. The van der Waals surface area contributed by atoms with Crippen molar-refractivity contribution >= 4 is 27.9 Å². The Hall–Kier alpha value is -1.10. The standard InChI is InChI=1S/C10H9NO3S2/c12-7-11-16(13,14)9-5-1-3-8-4-2-6-15-10(8)9/h1,3,5H,2,4,6H2. The normalized spacial score (nSPS) is 15.0. The Morgan fingerprint density at radius 3 is 2.94 bits per heavy atom. The number of isocyanates is 1. The fraction of sp³-hybridized carbons (Fsp3) is 0.300. The third-order valence-corrected chi connectivity index (χ3v) is 4.94. The zero-order chi connectivity index (χ0) is 11.6. The van der Waals surface area contributed by atoms with Crippen LogP contribution in [0.3, 0.4) is 0 Å². The van der Waals surface area contributed by atoms with E-state index in [9.17, 15) is 13.2 Å². The van der Waals surface area contributed by atoms with Crippen LogP contribution in [0.15, 0.2) is 32.4 Å². The summed E-state index contributed by atoms with van der Waals surface area (Å²) in [5.74, 6) is 0.893. The van der Waals surface area contributed by atoms with E-state index >= 15 is 0 Å². The molecule has 0 spiro atoms. The van der Waals surface area contributed by atoms with E-state index in [1.165, 1.54) is 17.8 Å². The molecule has 0 aliphatic carbocycles. The van der Waals surface area contributed by atoms with Gasteiger partial charge in [0.05, 0.1) is 0 Å². The number of carbonyl (C=O) groups excluding carboxylic acids is 1. The number of rotatable bonds is 2. The van der Waals surface area contributed by atoms with Gasteiger partial charge in [0.2, 0.25) is 0 Å². The van der Waals surface area contributed by atoms with Crippen molar-refractivity contribution < 1.29 is 13.2 Å². The average Bonchev–Trinajstić information content (AvgIpc) is 2.28. The number of sulfonamides is 1. The summed E-state index contributed by atoms with van der Waals surface area (Å²) in [5.41, 5.74) is 1.01. The van der Waals surface area contributed by atoms with Crippen molar-refractivity contribution in [1.82, 2.24) is 0 Å². The molecule has 0 N–H and O–H groups in total. The quantitative estimate of drug-likeness (QED) is 0.596. The molecule has 1 aliphatic heterocycles. The van der Waals surface area contributed by atoms with Gasteiger partial charge in [0, 0.05) is 4.90 Å². The Kier molecular flexibility index (Phi) is 3.14. The Morgan fingerprint density at radius 1 is 1.38 bits per heavy atom. The maximum atomic E-state index is 11.7. The highest BCUT2D eigenvalue weighted by atomic mass is 32.2. The van der Waals surface area contributed by atoms with Crippen LogP contribution in [0.2, 0.25) is 0 Å². The molecule has 0 fully saturated rings. The first-order valence-corrected chi connectivity index (χ1v) is 7.16. The highest BCUT2D eigenvalue weighted by molar-refractivity contribution is 8.00. The summed E-state index contributed by atoms with van der Waals surface area (Å²) in [6, 6.07) is 5.07. The molecule has 1 aliphatic rings. The van der Waals surface area contributed by atoms with Crippen LogP contribution in [0.5, 0.6) is 0 Å². The predicted molar refractivity (Wildman–Crippen MR) is 60.8 cm³/mol. The Balaban J connectivity index is 2.62. The van der Waals surface area contributed by atoms with Gasteiger partial charge in [-0.25, -0.2) is 4.79 Å². The molecule has 1 aromatic carbocycles. The van der Waals surface area contributed by atoms with Crippen LogP contribution in [0.4, 0.5) is 0 Å². The summed E-state index contributed by atoms with van der Waals surface area (Å²) in [4.78, 5) is 10.9. The smallest absolute Gasteiger partial charge is 0.210 e. The van der Waals surface area contributed by atoms with Gasteiger partial charge < -0.3 is 0 Å². The van der Waals surface area contributed by atoms with E-state index in [0.717, 1.165) is 35.1 Å². The molecule has 1 aromatic rings. The van der Waals surface area contributed by atoms with E-state index in [1.807, 2.05) is 6.07 Å². The maximum absolute atomic E-state index is 11.7. The minimum atomic E-state index is -3.87. The first-order chi connectivity index (χ1) is 7.65. The summed E-state index contributed by atoms with van der Waals surface area (Å²) in [7, 11) is -3.87. The first-order valence-electron chi connectivity index (χ1n) is 4.74. The van der Waals surface area contributed by atoms with E-state index in [4.69, 9.17) is 0 Å². The molecule has 0 atom stereocenters. The van der Waals surface area contributed by atoms with E-state index in [-0.39, 0.29) is 4.90 Å². The Bertz CT molecular complexity index is 559. The van der Waals surface area contributed by atoms with Gasteiger partial charge >= 0.3 is 0 Å². The molecule has 0 bridgehead atoms. The second kappa shape index (κ2) is 4.41. The van der Waals surface area contributed by atoms with E-state index in [1.54, 1.807) is 6.07 Å². The molecule has 0 saturated carbocycles. The lowest BCUT2D eigenvalue weighted by Gasteiger charge is -2.16. The largest absolute Gasteiger partial charge is 0.293 e. The second-order valence-electron chi connectivity index (χ2n) is 3.35. The third-order valence-electron chi connectivity index (χ3n) is 2.33. The van der Waals surface area contributed by atoms with Crippen molar-refractivity contribution in [3.63, 3.8) is 0 Å². The summed E-state index contributed by atoms with van der Waals surface area (Å²) in [6.07, 6.45) is 3.00. The summed E-state index contributed by atoms with van der Waals surface area (Å²) in [5, 5.41) is 0. The minimum Gasteiger partial charge on any atom is -0.210 e. The topological polar surface area (TPSA) is 63.6 Å². The van der Waals surface area contributed by atoms with Gasteiger partial charge in [0.15, 0.2) is 0 Å². The van der Waals surface area contributed by atoms with Crippen molar-refractivity contribution in [3.05, 3.63) is 23.8 Å². The summed E-state index contributed by atoms with van der Waals surface area (Å²) in [6.45, 7) is 0. The highest BCUT2D eigenvalue weighted by Crippen LogP contribution is 2.35. The SMILES string of the molecule is O=C=NS(=O)(=O)c1cccc2c1SCCC2. The van der Waals surface area contributed by atoms with Gasteiger partial charge in [0.1, 0.15) is 4.90 Å². The third kappa shape index (κ3) is 2.04. The number of fused-ring (bicyclic) bond motifs is 1. The van der Waals surface area contributed by atoms with Crippen LogP contribution >= 0.6 is 11.8 Å². The van der Waals surface area contributed by atoms with Crippen molar-refractivity contribution in [2.75, 3.05) is 5.75 Å². The second-order valence-corrected chi connectivity index (χ2v) is 6.03. The molecular weight excluding hydrogens is 246 g/mol. The molecule has 0 amide bonds. The first kappa shape index (κ1) is 11.4. The van der Waals surface area contributed by atoms with Gasteiger partial charge in [-0.1, -0.05) is 16.5 Å². The van der Waals surface area contributed by atoms with Crippen molar-refractivity contribution in [1.29, 1.82) is 0 Å². The maximum Gasteiger partial charge on any atom is 0.293 e. The molecule has 0 aromatic heterocycles. The average molecular weight is 255 g/mol. The number of hydrogen-bond acceptors (Lipinski definition) is 4. The van der Waals surface area contributed by atoms with Gasteiger partial charge in [0.25, 0.3) is 16.1 Å². The van der Waals surface area contributed by atoms with Crippen LogP contribution in [-0.4, -0.2) is 20.3 Å². The number of benzene rings is 1. The number of thioether (sulfide) groups is 1. The molecule has 2 rings (SSSR count). The van der Waals surface area contributed by atoms with Crippen LogP contribution < -0.4 is 0 Å². The molecule has 6 heteroatoms. The van der Waals surface area contributed by atoms with Gasteiger partial charge in [-0.05, 0) is 30.2 Å². The van der Waals surface area contributed by atoms with Crippen LogP contribution in [-0.2, 0) is 21.2 Å². The van der Waals surface area contributed by atoms with Gasteiger partial charge in [-0.15, -0.1) is 11.8 Å². The molecule has 0 unspecified atom stereocenters. The molecular formula is C10H9NO3S2. The minimum absolute atomic E-state index is 0.123. The van der Waals surface area contributed by atoms with E-state index < -0.39 is 10.0 Å². The fourth-order valence-corrected chi connectivity index (χ4v) is 4.02. The van der Waals surface area contributed by atoms with E-state index in [0.29, 0.717) is 0 Å². The number of hydrogen-bond donors (Lipinski definition) is 0. The van der Waals surface area contributed by atoms with Gasteiger partial charge in [-0.2, -0.15) is 8.42 Å². The van der Waals surface area contributed by atoms with Gasteiger partial charge in [-0.3, -0.25) is 0 Å². The lowest BCUT2D eigenvalue weighted by atomic mass is 10.1. The molecule has 84 valence electrons. The fourth-order valence-electron chi connectivity index (χ4n) is 1.66. The molecule has 4 nitrogen and oxygen atoms in total. The predicted octanol–water partition coefficient (Wildman–Crippen LogP) is 1.75. The van der Waals surface area contributed by atoms with Crippen molar-refractivity contribution in [2.45, 2.75) is 22.6 Å². The monoisotopic (exact) mass is 255 g/mol. The highest BCUT2D eigenvalue weighted by Gasteiger charge is 2.22. The summed E-state index contributed by atoms with van der Waals surface area (Å²) >= 11 is 1.50. The summed E-state index contributed by atoms with van der Waals surface area (Å²) < 4.78 is 26.2. The lowest BCUT2D eigenvalue weighted by molar-refractivity contribution is 0.563. The van der Waals surface area contributed by atoms with Crippen molar-refractivity contribution in [3.8, 4) is 0 Å². The molecule has 16 heavy (non-hydrogen) atoms. The van der Waals surface area contributed by atoms with Crippen LogP contribution in [0, 0.1) is 0 Å². The number of aryl methyl sites for hydroxylation is 1. The Morgan fingerprint density at radius 2 is 2.19 bits per heavy atom.